The van der Waals surface area contributed by atoms with E-state index in [1.165, 1.54) is 23.5 Å². The molecule has 194 valence electrons. The summed E-state index contributed by atoms with van der Waals surface area (Å²) in [4.78, 5) is 37.6. The number of carbonyl (C=O) groups excluding carboxylic acids is 3. The van der Waals surface area contributed by atoms with Crippen LogP contribution >= 0.6 is 0 Å². The second-order valence-corrected chi connectivity index (χ2v) is 10.4. The van der Waals surface area contributed by atoms with E-state index in [0.29, 0.717) is 37.9 Å². The van der Waals surface area contributed by atoms with Crippen molar-refractivity contribution in [2.24, 2.45) is 5.73 Å². The number of nitrogens with zero attached hydrogens (tertiary/aromatic N) is 1. The van der Waals surface area contributed by atoms with Gasteiger partial charge in [-0.25, -0.2) is 13.2 Å². The van der Waals surface area contributed by atoms with Crippen molar-refractivity contribution in [3.63, 3.8) is 0 Å². The number of benzene rings is 2. The van der Waals surface area contributed by atoms with Crippen molar-refractivity contribution >= 4 is 33.5 Å². The average Bonchev–Trinajstić information content (AvgIpc) is 3.39. The van der Waals surface area contributed by atoms with Crippen molar-refractivity contribution in [2.75, 3.05) is 25.5 Å². The molecule has 2 atom stereocenters. The van der Waals surface area contributed by atoms with Crippen LogP contribution in [-0.4, -0.2) is 62.8 Å². The summed E-state index contributed by atoms with van der Waals surface area (Å²) < 4.78 is 32.3. The SMILES string of the molecule is COC(=O)[C@H](Cc1ccc(NC(=O)CCCN)cc1)NC(=O)[C@@H]1CCCN1S(=O)(=O)c1ccccc1. The Bertz CT molecular complexity index is 1150. The van der Waals surface area contributed by atoms with Gasteiger partial charge in [-0.3, -0.25) is 9.59 Å². The number of nitrogens with one attached hydrogen (secondary N) is 2. The van der Waals surface area contributed by atoms with Crippen molar-refractivity contribution < 1.29 is 27.5 Å². The number of sulfonamides is 1. The highest BCUT2D eigenvalue weighted by Gasteiger charge is 2.40. The number of hydrogen-bond donors (Lipinski definition) is 3. The number of carbonyl (C=O) groups is 3. The molecule has 0 aliphatic carbocycles. The van der Waals surface area contributed by atoms with Gasteiger partial charge in [-0.15, -0.1) is 0 Å². The highest BCUT2D eigenvalue weighted by molar-refractivity contribution is 7.89. The zero-order valence-electron chi connectivity index (χ0n) is 20.2. The number of methoxy groups -OCH3 is 1. The van der Waals surface area contributed by atoms with Crippen LogP contribution in [0.15, 0.2) is 59.5 Å². The maximum absolute atomic E-state index is 13.1. The van der Waals surface area contributed by atoms with Crippen LogP contribution in [-0.2, 0) is 35.6 Å². The first kappa shape index (κ1) is 27.3. The van der Waals surface area contributed by atoms with Gasteiger partial charge in [0.25, 0.3) is 0 Å². The Morgan fingerprint density at radius 1 is 1.11 bits per heavy atom. The minimum atomic E-state index is -3.86. The van der Waals surface area contributed by atoms with Crippen molar-refractivity contribution in [3.8, 4) is 0 Å². The van der Waals surface area contributed by atoms with Gasteiger partial charge >= 0.3 is 5.97 Å². The molecule has 4 N–H and O–H groups in total. The fourth-order valence-electron chi connectivity index (χ4n) is 4.07. The topological polar surface area (TPSA) is 148 Å². The Morgan fingerprint density at radius 3 is 2.44 bits per heavy atom. The summed E-state index contributed by atoms with van der Waals surface area (Å²) in [6.45, 7) is 0.653. The number of nitrogens with two attached hydrogens (primary N) is 1. The standard InChI is InChI=1S/C25H32N4O6S/c1-35-25(32)21(17-18-11-13-19(14-12-18)27-23(30)10-5-15-26)28-24(31)22-9-6-16-29(22)36(33,34)20-7-3-2-4-8-20/h2-4,7-8,11-14,21-22H,5-6,9-10,15-17,26H2,1H3,(H,27,30)(H,28,31)/t21-,22-/m0/s1. The van der Waals surface area contributed by atoms with Crippen molar-refractivity contribution in [3.05, 3.63) is 60.2 Å². The molecule has 1 aliphatic rings. The first-order valence-corrected chi connectivity index (χ1v) is 13.2. The molecule has 2 aromatic carbocycles. The van der Waals surface area contributed by atoms with Crippen LogP contribution in [0.3, 0.4) is 0 Å². The van der Waals surface area contributed by atoms with Crippen molar-refractivity contribution in [1.29, 1.82) is 0 Å². The average molecular weight is 517 g/mol. The highest BCUT2D eigenvalue weighted by Crippen LogP contribution is 2.26. The van der Waals surface area contributed by atoms with E-state index in [4.69, 9.17) is 10.5 Å². The summed E-state index contributed by atoms with van der Waals surface area (Å²) >= 11 is 0. The lowest BCUT2D eigenvalue weighted by atomic mass is 10.0. The van der Waals surface area contributed by atoms with Gasteiger partial charge in [-0.2, -0.15) is 4.31 Å². The maximum Gasteiger partial charge on any atom is 0.328 e. The molecule has 2 aromatic rings. The highest BCUT2D eigenvalue weighted by atomic mass is 32.2. The molecule has 0 bridgehead atoms. The minimum Gasteiger partial charge on any atom is -0.467 e. The van der Waals surface area contributed by atoms with Crippen LogP contribution < -0.4 is 16.4 Å². The van der Waals surface area contributed by atoms with E-state index in [1.807, 2.05) is 0 Å². The molecule has 10 nitrogen and oxygen atoms in total. The molecule has 0 unspecified atom stereocenters. The number of hydrogen-bond acceptors (Lipinski definition) is 7. The van der Waals surface area contributed by atoms with E-state index < -0.39 is 34.0 Å². The van der Waals surface area contributed by atoms with E-state index in [0.717, 1.165) is 5.56 Å². The first-order chi connectivity index (χ1) is 17.3. The fraction of sp³-hybridized carbons (Fsp3) is 0.400. The van der Waals surface area contributed by atoms with Crippen molar-refractivity contribution in [2.45, 2.75) is 49.1 Å². The molecule has 0 saturated carbocycles. The predicted octanol–water partition coefficient (Wildman–Crippen LogP) is 1.42. The minimum absolute atomic E-state index is 0.115. The van der Waals surface area contributed by atoms with Gasteiger partial charge < -0.3 is 21.1 Å². The van der Waals surface area contributed by atoms with E-state index in [-0.39, 0.29) is 23.8 Å². The largest absolute Gasteiger partial charge is 0.467 e. The van der Waals surface area contributed by atoms with E-state index in [9.17, 15) is 22.8 Å². The molecule has 11 heteroatoms. The lowest BCUT2D eigenvalue weighted by molar-refractivity contribution is -0.145. The Kier molecular flexibility index (Phi) is 9.57. The van der Waals surface area contributed by atoms with Gasteiger partial charge in [-0.05, 0) is 55.6 Å². The van der Waals surface area contributed by atoms with Gasteiger partial charge in [0.2, 0.25) is 21.8 Å². The number of rotatable bonds is 11. The van der Waals surface area contributed by atoms with Crippen LogP contribution in [0.5, 0.6) is 0 Å². The number of ether oxygens (including phenoxy) is 1. The molecule has 0 spiro atoms. The third kappa shape index (κ3) is 6.90. The van der Waals surface area contributed by atoms with Gasteiger partial charge in [-0.1, -0.05) is 30.3 Å². The maximum atomic E-state index is 13.1. The summed E-state index contributed by atoms with van der Waals surface area (Å²) in [6.07, 6.45) is 1.94. The summed E-state index contributed by atoms with van der Waals surface area (Å²) in [5, 5.41) is 5.46. The van der Waals surface area contributed by atoms with Gasteiger partial charge in [0, 0.05) is 25.1 Å². The van der Waals surface area contributed by atoms with Crippen LogP contribution in [0.25, 0.3) is 0 Å². The van der Waals surface area contributed by atoms with Crippen LogP contribution in [0.4, 0.5) is 5.69 Å². The zero-order chi connectivity index (χ0) is 26.1. The van der Waals surface area contributed by atoms with E-state index >= 15 is 0 Å². The molecular formula is C25H32N4O6S. The Labute approximate surface area is 211 Å². The Morgan fingerprint density at radius 2 is 1.81 bits per heavy atom. The summed E-state index contributed by atoms with van der Waals surface area (Å²) in [5.41, 5.74) is 6.75. The van der Waals surface area contributed by atoms with Gasteiger partial charge in [0.15, 0.2) is 0 Å². The monoisotopic (exact) mass is 516 g/mol. The zero-order valence-corrected chi connectivity index (χ0v) is 21.0. The summed E-state index contributed by atoms with van der Waals surface area (Å²) in [7, 11) is -2.63. The van der Waals surface area contributed by atoms with Crippen LogP contribution in [0.1, 0.15) is 31.2 Å². The molecule has 3 rings (SSSR count). The summed E-state index contributed by atoms with van der Waals surface area (Å²) in [5.74, 6) is -1.33. The molecular weight excluding hydrogens is 484 g/mol. The Balaban J connectivity index is 1.68. The number of esters is 1. The molecule has 1 heterocycles. The molecule has 2 amide bonds. The number of anilines is 1. The Hall–Kier alpha value is -3.28. The molecule has 1 saturated heterocycles. The second-order valence-electron chi connectivity index (χ2n) is 8.51. The summed E-state index contributed by atoms with van der Waals surface area (Å²) in [6, 6.07) is 12.9. The van der Waals surface area contributed by atoms with Gasteiger partial charge in [0.1, 0.15) is 12.1 Å². The lowest BCUT2D eigenvalue weighted by Crippen LogP contribution is -2.51. The number of amides is 2. The molecule has 1 fully saturated rings. The van der Waals surface area contributed by atoms with Crippen LogP contribution in [0, 0.1) is 0 Å². The normalized spacial score (nSPS) is 16.8. The smallest absolute Gasteiger partial charge is 0.328 e. The third-order valence-corrected chi connectivity index (χ3v) is 7.87. The first-order valence-electron chi connectivity index (χ1n) is 11.8. The molecule has 0 aromatic heterocycles. The fourth-order valence-corrected chi connectivity index (χ4v) is 5.74. The van der Waals surface area contributed by atoms with Crippen LogP contribution in [0.2, 0.25) is 0 Å². The van der Waals surface area contributed by atoms with Gasteiger partial charge in [0.05, 0.1) is 12.0 Å². The lowest BCUT2D eigenvalue weighted by Gasteiger charge is -2.25. The molecule has 0 radical (unpaired) electrons. The quantitative estimate of drug-likeness (QED) is 0.383. The van der Waals surface area contributed by atoms with Crippen molar-refractivity contribution in [1.82, 2.24) is 9.62 Å². The molecule has 36 heavy (non-hydrogen) atoms. The predicted molar refractivity (Wildman–Crippen MR) is 134 cm³/mol. The molecule has 1 aliphatic heterocycles. The second kappa shape index (κ2) is 12.6. The third-order valence-electron chi connectivity index (χ3n) is 5.94. The van der Waals surface area contributed by atoms with E-state index in [2.05, 4.69) is 10.6 Å². The van der Waals surface area contributed by atoms with E-state index in [1.54, 1.807) is 42.5 Å².